The average Bonchev–Trinajstić information content (AvgIpc) is 2.23. The smallest absolute Gasteiger partial charge is 0.143 e. The second kappa shape index (κ2) is 4.59. The zero-order valence-electron chi connectivity index (χ0n) is 10.5. The topological polar surface area (TPSA) is 17.1 Å². The van der Waals surface area contributed by atoms with Gasteiger partial charge in [-0.2, -0.15) is 0 Å². The molecule has 1 aliphatic carbocycles. The van der Waals surface area contributed by atoms with Crippen LogP contribution in [0.5, 0.6) is 0 Å². The quantitative estimate of drug-likeness (QED) is 0.773. The molecule has 0 radical (unpaired) electrons. The highest BCUT2D eigenvalue weighted by atomic mass is 19.1. The van der Waals surface area contributed by atoms with Gasteiger partial charge in [0, 0.05) is 11.8 Å². The van der Waals surface area contributed by atoms with Gasteiger partial charge in [0.2, 0.25) is 0 Å². The van der Waals surface area contributed by atoms with E-state index in [1.807, 2.05) is 13.8 Å². The summed E-state index contributed by atoms with van der Waals surface area (Å²) >= 11 is 0. The maximum absolute atomic E-state index is 12.9. The molecule has 17 heavy (non-hydrogen) atoms. The highest BCUT2D eigenvalue weighted by Gasteiger charge is 2.32. The van der Waals surface area contributed by atoms with Crippen molar-refractivity contribution in [3.63, 3.8) is 0 Å². The van der Waals surface area contributed by atoms with Crippen molar-refractivity contribution in [3.8, 4) is 0 Å². The lowest BCUT2D eigenvalue weighted by Gasteiger charge is -2.30. The Balaban J connectivity index is 2.10. The van der Waals surface area contributed by atoms with E-state index in [2.05, 4.69) is 0 Å². The van der Waals surface area contributed by atoms with Crippen molar-refractivity contribution in [2.24, 2.45) is 5.92 Å². The normalized spacial score (nSPS) is 16.6. The first-order valence-electron chi connectivity index (χ1n) is 6.29. The SMILES string of the molecule is CC(C)(C(=O)CC1CCC1)c1ccc(F)cc1. The second-order valence-electron chi connectivity index (χ2n) is 5.56. The van der Waals surface area contributed by atoms with Crippen molar-refractivity contribution in [1.82, 2.24) is 0 Å². The molecule has 0 saturated heterocycles. The van der Waals surface area contributed by atoms with Gasteiger partial charge in [-0.25, -0.2) is 4.39 Å². The van der Waals surface area contributed by atoms with Gasteiger partial charge in [0.05, 0.1) is 0 Å². The van der Waals surface area contributed by atoms with E-state index in [-0.39, 0.29) is 11.6 Å². The van der Waals surface area contributed by atoms with E-state index in [1.165, 1.54) is 31.4 Å². The number of rotatable bonds is 4. The van der Waals surface area contributed by atoms with E-state index >= 15 is 0 Å². The van der Waals surface area contributed by atoms with Crippen molar-refractivity contribution < 1.29 is 9.18 Å². The van der Waals surface area contributed by atoms with Crippen LogP contribution >= 0.6 is 0 Å². The van der Waals surface area contributed by atoms with Crippen LogP contribution in [0.25, 0.3) is 0 Å². The fourth-order valence-electron chi connectivity index (χ4n) is 2.24. The molecule has 0 spiro atoms. The molecule has 92 valence electrons. The van der Waals surface area contributed by atoms with E-state index in [1.54, 1.807) is 12.1 Å². The molecule has 0 amide bonds. The highest BCUT2D eigenvalue weighted by molar-refractivity contribution is 5.89. The van der Waals surface area contributed by atoms with Crippen LogP contribution in [0.3, 0.4) is 0 Å². The third kappa shape index (κ3) is 2.56. The molecule has 1 aromatic carbocycles. The average molecular weight is 234 g/mol. The molecule has 1 aromatic rings. The van der Waals surface area contributed by atoms with Gasteiger partial charge in [0.1, 0.15) is 11.6 Å². The second-order valence-corrected chi connectivity index (χ2v) is 5.56. The molecule has 2 rings (SSSR count). The molecule has 2 heteroatoms. The van der Waals surface area contributed by atoms with Crippen LogP contribution in [0.4, 0.5) is 4.39 Å². The standard InChI is InChI=1S/C15H19FO/c1-15(2,12-6-8-13(16)9-7-12)14(17)10-11-4-3-5-11/h6-9,11H,3-5,10H2,1-2H3. The number of hydrogen-bond donors (Lipinski definition) is 0. The molecule has 1 aliphatic rings. The molecule has 1 nitrogen and oxygen atoms in total. The summed E-state index contributed by atoms with van der Waals surface area (Å²) in [5, 5.41) is 0. The Labute approximate surface area is 102 Å². The van der Waals surface area contributed by atoms with Gasteiger partial charge in [-0.3, -0.25) is 4.79 Å². The maximum Gasteiger partial charge on any atom is 0.143 e. The molecule has 0 heterocycles. The first-order chi connectivity index (χ1) is 8.00. The van der Waals surface area contributed by atoms with E-state index in [0.717, 1.165) is 5.56 Å². The summed E-state index contributed by atoms with van der Waals surface area (Å²) in [6.07, 6.45) is 4.30. The Bertz CT molecular complexity index is 401. The number of carbonyl (C=O) groups excluding carboxylic acids is 1. The van der Waals surface area contributed by atoms with Crippen molar-refractivity contribution in [2.75, 3.05) is 0 Å². The summed E-state index contributed by atoms with van der Waals surface area (Å²) in [6.45, 7) is 3.86. The fraction of sp³-hybridized carbons (Fsp3) is 0.533. The number of benzene rings is 1. The molecule has 0 atom stereocenters. The summed E-state index contributed by atoms with van der Waals surface area (Å²) in [4.78, 5) is 12.3. The predicted octanol–water partition coefficient (Wildman–Crippen LogP) is 3.86. The largest absolute Gasteiger partial charge is 0.299 e. The molecule has 0 N–H and O–H groups in total. The van der Waals surface area contributed by atoms with E-state index < -0.39 is 5.41 Å². The zero-order valence-corrected chi connectivity index (χ0v) is 10.5. The molecule has 0 bridgehead atoms. The lowest BCUT2D eigenvalue weighted by atomic mass is 9.73. The summed E-state index contributed by atoms with van der Waals surface area (Å²) in [6, 6.07) is 6.28. The van der Waals surface area contributed by atoms with Crippen LogP contribution in [0.1, 0.15) is 45.1 Å². The Hall–Kier alpha value is -1.18. The third-order valence-corrected chi connectivity index (χ3v) is 3.96. The number of ketones is 1. The van der Waals surface area contributed by atoms with Gasteiger partial charge in [0.15, 0.2) is 0 Å². The monoisotopic (exact) mass is 234 g/mol. The van der Waals surface area contributed by atoms with E-state index in [0.29, 0.717) is 12.3 Å². The number of halogens is 1. The lowest BCUT2D eigenvalue weighted by molar-refractivity contribution is -0.125. The van der Waals surface area contributed by atoms with Crippen molar-refractivity contribution in [1.29, 1.82) is 0 Å². The zero-order chi connectivity index (χ0) is 12.5. The molecule has 1 fully saturated rings. The van der Waals surface area contributed by atoms with Crippen LogP contribution in [0.2, 0.25) is 0 Å². The number of Topliss-reactive ketones (excluding diaryl/α,β-unsaturated/α-hetero) is 1. The minimum atomic E-state index is -0.497. The summed E-state index contributed by atoms with van der Waals surface area (Å²) in [7, 11) is 0. The van der Waals surface area contributed by atoms with E-state index in [4.69, 9.17) is 0 Å². The minimum Gasteiger partial charge on any atom is -0.299 e. The van der Waals surface area contributed by atoms with Crippen LogP contribution in [-0.4, -0.2) is 5.78 Å². The van der Waals surface area contributed by atoms with Gasteiger partial charge in [-0.05, 0) is 37.5 Å². The van der Waals surface area contributed by atoms with Gasteiger partial charge in [-0.1, -0.05) is 31.4 Å². The lowest BCUT2D eigenvalue weighted by Crippen LogP contribution is -2.32. The molecular weight excluding hydrogens is 215 g/mol. The van der Waals surface area contributed by atoms with Crippen molar-refractivity contribution in [3.05, 3.63) is 35.6 Å². The Kier molecular flexibility index (Phi) is 3.32. The van der Waals surface area contributed by atoms with E-state index in [9.17, 15) is 9.18 Å². The summed E-state index contributed by atoms with van der Waals surface area (Å²) in [5.74, 6) is 0.604. The third-order valence-electron chi connectivity index (χ3n) is 3.96. The molecule has 0 aromatic heterocycles. The first kappa shape index (κ1) is 12.3. The van der Waals surface area contributed by atoms with Gasteiger partial charge < -0.3 is 0 Å². The van der Waals surface area contributed by atoms with Crippen LogP contribution in [-0.2, 0) is 10.2 Å². The molecule has 1 saturated carbocycles. The maximum atomic E-state index is 12.9. The molecule has 0 aliphatic heterocycles. The Morgan fingerprint density at radius 2 is 1.88 bits per heavy atom. The van der Waals surface area contributed by atoms with Crippen LogP contribution in [0, 0.1) is 11.7 Å². The summed E-state index contributed by atoms with van der Waals surface area (Å²) in [5.41, 5.74) is 0.409. The number of hydrogen-bond acceptors (Lipinski definition) is 1. The first-order valence-corrected chi connectivity index (χ1v) is 6.29. The van der Waals surface area contributed by atoms with Gasteiger partial charge >= 0.3 is 0 Å². The highest BCUT2D eigenvalue weighted by Crippen LogP contribution is 2.34. The minimum absolute atomic E-state index is 0.254. The number of carbonyl (C=O) groups is 1. The van der Waals surface area contributed by atoms with Crippen molar-refractivity contribution >= 4 is 5.78 Å². The molecular formula is C15H19FO. The van der Waals surface area contributed by atoms with Crippen LogP contribution < -0.4 is 0 Å². The summed E-state index contributed by atoms with van der Waals surface area (Å²) < 4.78 is 12.9. The fourth-order valence-corrected chi connectivity index (χ4v) is 2.24. The molecule has 0 unspecified atom stereocenters. The Morgan fingerprint density at radius 3 is 2.35 bits per heavy atom. The van der Waals surface area contributed by atoms with Gasteiger partial charge in [0.25, 0.3) is 0 Å². The predicted molar refractivity (Wildman–Crippen MR) is 66.4 cm³/mol. The Morgan fingerprint density at radius 1 is 1.29 bits per heavy atom. The van der Waals surface area contributed by atoms with Crippen molar-refractivity contribution in [2.45, 2.75) is 44.9 Å². The van der Waals surface area contributed by atoms with Crippen LogP contribution in [0.15, 0.2) is 24.3 Å². The van der Waals surface area contributed by atoms with Gasteiger partial charge in [-0.15, -0.1) is 0 Å².